The number of hydrogen-bond donors (Lipinski definition) is 0. The van der Waals surface area contributed by atoms with Crippen LogP contribution in [0.25, 0.3) is 0 Å². The number of piperidine rings is 1. The van der Waals surface area contributed by atoms with E-state index in [4.69, 9.17) is 25.8 Å². The molecule has 0 unspecified atom stereocenters. The van der Waals surface area contributed by atoms with Crippen LogP contribution in [0.5, 0.6) is 11.5 Å². The van der Waals surface area contributed by atoms with E-state index in [0.29, 0.717) is 23.5 Å². The average molecular weight is 424 g/mol. The SMILES string of the molecule is COc1cc(C(=O)OCC(=O)N2CCC[C@H]3CCCC[C@H]32)cc(Cl)c1OC(C)C. The van der Waals surface area contributed by atoms with E-state index in [0.717, 1.165) is 25.8 Å². The Kier molecular flexibility index (Phi) is 7.28. The van der Waals surface area contributed by atoms with Crippen molar-refractivity contribution in [2.45, 2.75) is 64.5 Å². The minimum Gasteiger partial charge on any atom is -0.493 e. The Hall–Kier alpha value is -1.95. The van der Waals surface area contributed by atoms with E-state index in [1.165, 1.54) is 38.5 Å². The Balaban J connectivity index is 1.64. The number of nitrogens with zero attached hydrogens (tertiary/aromatic N) is 1. The van der Waals surface area contributed by atoms with Crippen molar-refractivity contribution in [2.75, 3.05) is 20.3 Å². The molecule has 2 atom stereocenters. The minimum atomic E-state index is -0.605. The summed E-state index contributed by atoms with van der Waals surface area (Å²) in [6, 6.07) is 3.30. The molecule has 160 valence electrons. The molecule has 0 bridgehead atoms. The van der Waals surface area contributed by atoms with E-state index in [1.54, 1.807) is 0 Å². The van der Waals surface area contributed by atoms with E-state index in [1.807, 2.05) is 18.7 Å². The third-order valence-corrected chi connectivity index (χ3v) is 5.99. The number of rotatable bonds is 6. The second-order valence-electron chi connectivity index (χ2n) is 8.07. The maximum absolute atomic E-state index is 12.7. The maximum Gasteiger partial charge on any atom is 0.338 e. The number of ether oxygens (including phenoxy) is 3. The lowest BCUT2D eigenvalue weighted by Gasteiger charge is -2.44. The molecule has 2 fully saturated rings. The van der Waals surface area contributed by atoms with Gasteiger partial charge >= 0.3 is 5.97 Å². The van der Waals surface area contributed by atoms with Crippen LogP contribution in [0.2, 0.25) is 5.02 Å². The van der Waals surface area contributed by atoms with Crippen molar-refractivity contribution in [1.82, 2.24) is 4.90 Å². The van der Waals surface area contributed by atoms with E-state index in [9.17, 15) is 9.59 Å². The zero-order valence-corrected chi connectivity index (χ0v) is 18.2. The molecular weight excluding hydrogens is 394 g/mol. The second-order valence-corrected chi connectivity index (χ2v) is 8.48. The number of fused-ring (bicyclic) bond motifs is 1. The molecule has 1 aromatic carbocycles. The van der Waals surface area contributed by atoms with Crippen molar-refractivity contribution in [3.05, 3.63) is 22.7 Å². The summed E-state index contributed by atoms with van der Waals surface area (Å²) in [4.78, 5) is 27.2. The van der Waals surface area contributed by atoms with Crippen LogP contribution >= 0.6 is 11.6 Å². The molecule has 1 aliphatic carbocycles. The van der Waals surface area contributed by atoms with Gasteiger partial charge in [-0.15, -0.1) is 0 Å². The Morgan fingerprint density at radius 1 is 1.17 bits per heavy atom. The Bertz CT molecular complexity index is 749. The van der Waals surface area contributed by atoms with Gasteiger partial charge in [0.2, 0.25) is 0 Å². The Labute approximate surface area is 177 Å². The van der Waals surface area contributed by atoms with Gasteiger partial charge in [-0.3, -0.25) is 4.79 Å². The maximum atomic E-state index is 12.7. The topological polar surface area (TPSA) is 65.1 Å². The first-order valence-corrected chi connectivity index (χ1v) is 10.8. The molecule has 0 radical (unpaired) electrons. The van der Waals surface area contributed by atoms with E-state index < -0.39 is 5.97 Å². The number of halogens is 1. The minimum absolute atomic E-state index is 0.0926. The van der Waals surface area contributed by atoms with E-state index >= 15 is 0 Å². The van der Waals surface area contributed by atoms with Crippen molar-refractivity contribution >= 4 is 23.5 Å². The van der Waals surface area contributed by atoms with Crippen molar-refractivity contribution in [3.8, 4) is 11.5 Å². The largest absolute Gasteiger partial charge is 0.493 e. The number of likely N-dealkylation sites (tertiary alicyclic amines) is 1. The number of carbonyl (C=O) groups excluding carboxylic acids is 2. The highest BCUT2D eigenvalue weighted by Gasteiger charge is 2.35. The summed E-state index contributed by atoms with van der Waals surface area (Å²) in [5.41, 5.74) is 0.227. The Morgan fingerprint density at radius 2 is 1.90 bits per heavy atom. The number of esters is 1. The van der Waals surface area contributed by atoms with Crippen molar-refractivity contribution in [3.63, 3.8) is 0 Å². The standard InChI is InChI=1S/C22H30ClNO5/c1-14(2)29-21-17(23)11-16(12-19(21)27-3)22(26)28-13-20(25)24-10-6-8-15-7-4-5-9-18(15)24/h11-12,14-15,18H,4-10,13H2,1-3H3/t15-,18-/m1/s1. The monoisotopic (exact) mass is 423 g/mol. The molecule has 1 saturated carbocycles. The molecule has 1 saturated heterocycles. The summed E-state index contributed by atoms with van der Waals surface area (Å²) < 4.78 is 16.3. The highest BCUT2D eigenvalue weighted by Crippen LogP contribution is 2.38. The molecule has 1 amide bonds. The van der Waals surface area contributed by atoms with Crippen molar-refractivity contribution in [1.29, 1.82) is 0 Å². The second kappa shape index (κ2) is 9.70. The molecule has 3 rings (SSSR count). The summed E-state index contributed by atoms with van der Waals surface area (Å²) in [7, 11) is 1.48. The molecule has 6 nitrogen and oxygen atoms in total. The van der Waals surface area contributed by atoms with Gasteiger partial charge in [0.15, 0.2) is 18.1 Å². The highest BCUT2D eigenvalue weighted by molar-refractivity contribution is 6.32. The summed E-state index contributed by atoms with van der Waals surface area (Å²) in [5.74, 6) is 0.604. The third-order valence-electron chi connectivity index (χ3n) is 5.71. The highest BCUT2D eigenvalue weighted by atomic mass is 35.5. The number of benzene rings is 1. The summed E-state index contributed by atoms with van der Waals surface area (Å²) in [6.45, 7) is 4.24. The summed E-state index contributed by atoms with van der Waals surface area (Å²) >= 11 is 6.27. The smallest absolute Gasteiger partial charge is 0.338 e. The van der Waals surface area contributed by atoms with Gasteiger partial charge in [-0.2, -0.15) is 0 Å². The van der Waals surface area contributed by atoms with Gasteiger partial charge < -0.3 is 19.1 Å². The lowest BCUT2D eigenvalue weighted by atomic mass is 9.78. The first kappa shape index (κ1) is 21.8. The van der Waals surface area contributed by atoms with Crippen LogP contribution < -0.4 is 9.47 Å². The summed E-state index contributed by atoms with van der Waals surface area (Å²) in [5, 5.41) is 0.261. The predicted octanol–water partition coefficient (Wildman–Crippen LogP) is 4.47. The molecule has 1 aliphatic heterocycles. The number of hydrogen-bond acceptors (Lipinski definition) is 5. The van der Waals surface area contributed by atoms with Crippen molar-refractivity contribution < 1.29 is 23.8 Å². The molecule has 2 aliphatic rings. The Morgan fingerprint density at radius 3 is 2.62 bits per heavy atom. The fourth-order valence-corrected chi connectivity index (χ4v) is 4.67. The average Bonchev–Trinajstić information content (AvgIpc) is 2.72. The zero-order chi connectivity index (χ0) is 21.0. The van der Waals surface area contributed by atoms with Gasteiger partial charge in [0.05, 0.1) is 23.8 Å². The fraction of sp³-hybridized carbons (Fsp3) is 0.636. The van der Waals surface area contributed by atoms with Gasteiger partial charge in [-0.05, 0) is 57.6 Å². The fourth-order valence-electron chi connectivity index (χ4n) is 4.42. The zero-order valence-electron chi connectivity index (χ0n) is 17.4. The molecule has 0 spiro atoms. The molecule has 0 N–H and O–H groups in total. The lowest BCUT2D eigenvalue weighted by molar-refractivity contribution is -0.140. The molecule has 1 heterocycles. The van der Waals surface area contributed by atoms with Crippen molar-refractivity contribution in [2.24, 2.45) is 5.92 Å². The molecule has 0 aromatic heterocycles. The molecule has 1 aromatic rings. The van der Waals surface area contributed by atoms with Gasteiger partial charge in [-0.1, -0.05) is 24.4 Å². The van der Waals surface area contributed by atoms with E-state index in [2.05, 4.69) is 0 Å². The van der Waals surface area contributed by atoms with Crippen LogP contribution in [0, 0.1) is 5.92 Å². The molecule has 7 heteroatoms. The third kappa shape index (κ3) is 5.16. The van der Waals surface area contributed by atoms with E-state index in [-0.39, 0.29) is 29.2 Å². The van der Waals surface area contributed by atoms with Gasteiger partial charge in [-0.25, -0.2) is 4.79 Å². The normalized spacial score (nSPS) is 21.5. The van der Waals surface area contributed by atoms with Crippen LogP contribution in [0.15, 0.2) is 12.1 Å². The van der Waals surface area contributed by atoms with Gasteiger partial charge in [0, 0.05) is 12.6 Å². The van der Waals surface area contributed by atoms with Crippen LogP contribution in [-0.4, -0.2) is 49.2 Å². The first-order valence-electron chi connectivity index (χ1n) is 10.4. The lowest BCUT2D eigenvalue weighted by Crippen LogP contribution is -2.50. The predicted molar refractivity (Wildman–Crippen MR) is 111 cm³/mol. The van der Waals surface area contributed by atoms with Crippen LogP contribution in [0.3, 0.4) is 0 Å². The van der Waals surface area contributed by atoms with Gasteiger partial charge in [0.25, 0.3) is 5.91 Å². The number of carbonyl (C=O) groups is 2. The quantitative estimate of drug-likeness (QED) is 0.631. The number of methoxy groups -OCH3 is 1. The van der Waals surface area contributed by atoms with Gasteiger partial charge in [0.1, 0.15) is 0 Å². The van der Waals surface area contributed by atoms with Crippen LogP contribution in [0.4, 0.5) is 0 Å². The first-order chi connectivity index (χ1) is 13.9. The summed E-state index contributed by atoms with van der Waals surface area (Å²) in [6.07, 6.45) is 6.77. The van der Waals surface area contributed by atoms with Crippen LogP contribution in [-0.2, 0) is 9.53 Å². The molecular formula is C22H30ClNO5. The molecule has 29 heavy (non-hydrogen) atoms. The number of amides is 1. The van der Waals surface area contributed by atoms with Crippen LogP contribution in [0.1, 0.15) is 62.7 Å².